The molecule has 8 heteroatoms. The molecule has 1 saturated heterocycles. The summed E-state index contributed by atoms with van der Waals surface area (Å²) in [7, 11) is 0. The van der Waals surface area contributed by atoms with Gasteiger partial charge >= 0.3 is 5.97 Å². The zero-order valence-electron chi connectivity index (χ0n) is 24.8. The number of halogens is 1. The number of benzene rings is 4. The summed E-state index contributed by atoms with van der Waals surface area (Å²) in [6.07, 6.45) is 1.61. The van der Waals surface area contributed by atoms with Crippen LogP contribution in [0.1, 0.15) is 56.7 Å². The molecule has 228 valence electrons. The largest absolute Gasteiger partial charge is 0.443 e. The van der Waals surface area contributed by atoms with E-state index >= 15 is 0 Å². The first-order valence-electron chi connectivity index (χ1n) is 14.9. The van der Waals surface area contributed by atoms with Gasteiger partial charge in [-0.2, -0.15) is 5.26 Å². The minimum atomic E-state index is -0.915. The van der Waals surface area contributed by atoms with Gasteiger partial charge in [-0.25, -0.2) is 4.90 Å². The molecule has 2 aliphatic heterocycles. The van der Waals surface area contributed by atoms with Gasteiger partial charge in [0.1, 0.15) is 5.41 Å². The molecule has 0 aliphatic carbocycles. The number of carbonyl (C=O) groups is 3. The summed E-state index contributed by atoms with van der Waals surface area (Å²) in [4.78, 5) is 42.9. The molecule has 0 aromatic heterocycles. The Hall–Kier alpha value is -4.77. The molecule has 2 amide bonds. The molecule has 2 heterocycles. The number of nitriles is 1. The Morgan fingerprint density at radius 3 is 1.71 bits per heavy atom. The number of ether oxygens (including phenoxy) is 1. The normalized spacial score (nSPS) is 15.9. The van der Waals surface area contributed by atoms with Crippen LogP contribution < -0.4 is 0 Å². The molecule has 6 rings (SSSR count). The number of hydrogen-bond acceptors (Lipinski definition) is 6. The quantitative estimate of drug-likeness (QED) is 0.165. The molecule has 4 aromatic rings. The third-order valence-corrected chi connectivity index (χ3v) is 9.16. The lowest BCUT2D eigenvalue weighted by molar-refractivity contribution is -0.155. The molecule has 0 saturated carbocycles. The zero-order valence-corrected chi connectivity index (χ0v) is 25.6. The predicted molar refractivity (Wildman–Crippen MR) is 173 cm³/mol. The van der Waals surface area contributed by atoms with Crippen molar-refractivity contribution in [2.75, 3.05) is 26.4 Å². The average Bonchev–Trinajstić information content (AvgIpc) is 3.34. The van der Waals surface area contributed by atoms with Gasteiger partial charge < -0.3 is 9.64 Å². The standard InChI is InChI=1S/C37H33N3O4.ClH/c38-26-37(29-14-6-2-7-15-29,30-16-8-3-9-17-30)22-25-39-23-20-36(21-24-39,28-12-4-1-5-13-28)35(43)44-27-40-33(41)31-18-10-11-19-32(31)34(40)42;/h1-19H,20-25,27H2;1H. The van der Waals surface area contributed by atoms with Crippen LogP contribution in [-0.4, -0.2) is 53.9 Å². The van der Waals surface area contributed by atoms with Crippen LogP contribution in [0.4, 0.5) is 0 Å². The molecule has 2 aliphatic rings. The highest BCUT2D eigenvalue weighted by atomic mass is 35.5. The fourth-order valence-electron chi connectivity index (χ4n) is 6.56. The van der Waals surface area contributed by atoms with Crippen molar-refractivity contribution in [3.8, 4) is 6.07 Å². The lowest BCUT2D eigenvalue weighted by atomic mass is 9.71. The van der Waals surface area contributed by atoms with Crippen molar-refractivity contribution in [3.63, 3.8) is 0 Å². The maximum absolute atomic E-state index is 13.9. The van der Waals surface area contributed by atoms with Crippen LogP contribution in [-0.2, 0) is 20.4 Å². The predicted octanol–water partition coefficient (Wildman–Crippen LogP) is 6.14. The molecule has 4 aromatic carbocycles. The first-order chi connectivity index (χ1) is 21.5. The van der Waals surface area contributed by atoms with Gasteiger partial charge in [0.2, 0.25) is 0 Å². The number of imide groups is 1. The fourth-order valence-corrected chi connectivity index (χ4v) is 6.56. The van der Waals surface area contributed by atoms with Gasteiger partial charge in [0.15, 0.2) is 6.73 Å². The van der Waals surface area contributed by atoms with Crippen LogP contribution in [0.25, 0.3) is 0 Å². The van der Waals surface area contributed by atoms with Crippen LogP contribution in [0.2, 0.25) is 0 Å². The van der Waals surface area contributed by atoms with Crippen LogP contribution in [0.5, 0.6) is 0 Å². The van der Waals surface area contributed by atoms with Crippen LogP contribution in [0, 0.1) is 11.3 Å². The lowest BCUT2D eigenvalue weighted by Gasteiger charge is -2.41. The third-order valence-electron chi connectivity index (χ3n) is 9.16. The fraction of sp³-hybridized carbons (Fsp3) is 0.243. The van der Waals surface area contributed by atoms with Crippen molar-refractivity contribution in [3.05, 3.63) is 143 Å². The molecular weight excluding hydrogens is 586 g/mol. The summed E-state index contributed by atoms with van der Waals surface area (Å²) in [6, 6.07) is 38.7. The SMILES string of the molecule is Cl.N#CC(CCN1CCC(C(=O)OCN2C(=O)c3ccccc3C2=O)(c2ccccc2)CC1)(c1ccccc1)c1ccccc1. The molecule has 0 unspecified atom stereocenters. The van der Waals surface area contributed by atoms with Gasteiger partial charge in [-0.05, 0) is 61.2 Å². The number of amides is 2. The van der Waals surface area contributed by atoms with Crippen molar-refractivity contribution < 1.29 is 19.1 Å². The molecule has 1 fully saturated rings. The smallest absolute Gasteiger partial charge is 0.318 e. The Balaban J connectivity index is 0.00000400. The Labute approximate surface area is 269 Å². The summed E-state index contributed by atoms with van der Waals surface area (Å²) in [6.45, 7) is 1.50. The first-order valence-corrected chi connectivity index (χ1v) is 14.9. The van der Waals surface area contributed by atoms with E-state index in [2.05, 4.69) is 11.0 Å². The summed E-state index contributed by atoms with van der Waals surface area (Å²) >= 11 is 0. The molecule has 0 radical (unpaired) electrons. The molecule has 0 spiro atoms. The number of hydrogen-bond donors (Lipinski definition) is 0. The summed E-state index contributed by atoms with van der Waals surface area (Å²) in [5.41, 5.74) is 1.69. The number of rotatable bonds is 9. The van der Waals surface area contributed by atoms with Crippen LogP contribution in [0.3, 0.4) is 0 Å². The molecule has 0 N–H and O–H groups in total. The van der Waals surface area contributed by atoms with Gasteiger partial charge in [0.05, 0.1) is 22.6 Å². The summed E-state index contributed by atoms with van der Waals surface area (Å²) < 4.78 is 5.76. The van der Waals surface area contributed by atoms with E-state index in [9.17, 15) is 19.6 Å². The Bertz CT molecular complexity index is 1620. The summed E-state index contributed by atoms with van der Waals surface area (Å²) in [5.74, 6) is -1.36. The Morgan fingerprint density at radius 1 is 0.756 bits per heavy atom. The van der Waals surface area contributed by atoms with E-state index in [0.29, 0.717) is 50.0 Å². The highest BCUT2D eigenvalue weighted by Crippen LogP contribution is 2.39. The van der Waals surface area contributed by atoms with E-state index in [0.717, 1.165) is 21.6 Å². The minimum Gasteiger partial charge on any atom is -0.443 e. The van der Waals surface area contributed by atoms with Gasteiger partial charge in [-0.15, -0.1) is 12.4 Å². The number of piperidine rings is 1. The van der Waals surface area contributed by atoms with Gasteiger partial charge in [-0.3, -0.25) is 14.4 Å². The second-order valence-corrected chi connectivity index (χ2v) is 11.4. The topological polar surface area (TPSA) is 90.7 Å². The molecule has 0 bridgehead atoms. The van der Waals surface area contributed by atoms with E-state index in [1.54, 1.807) is 24.3 Å². The van der Waals surface area contributed by atoms with Crippen LogP contribution in [0.15, 0.2) is 115 Å². The second-order valence-electron chi connectivity index (χ2n) is 11.4. The van der Waals surface area contributed by atoms with E-state index < -0.39 is 35.3 Å². The van der Waals surface area contributed by atoms with Gasteiger partial charge in [0.25, 0.3) is 11.8 Å². The summed E-state index contributed by atoms with van der Waals surface area (Å²) in [5, 5.41) is 10.6. The lowest BCUT2D eigenvalue weighted by Crippen LogP contribution is -2.49. The minimum absolute atomic E-state index is 0. The Kier molecular flexibility index (Phi) is 9.48. The van der Waals surface area contributed by atoms with Gasteiger partial charge in [0, 0.05) is 6.54 Å². The van der Waals surface area contributed by atoms with Gasteiger partial charge in [-0.1, -0.05) is 103 Å². The molecule has 7 nitrogen and oxygen atoms in total. The Morgan fingerprint density at radius 2 is 1.22 bits per heavy atom. The van der Waals surface area contributed by atoms with E-state index in [1.807, 2.05) is 91.0 Å². The van der Waals surface area contributed by atoms with Crippen molar-refractivity contribution in [1.82, 2.24) is 9.80 Å². The average molecular weight is 620 g/mol. The van der Waals surface area contributed by atoms with E-state index in [1.165, 1.54) is 0 Å². The van der Waals surface area contributed by atoms with E-state index in [4.69, 9.17) is 4.74 Å². The number of nitrogens with zero attached hydrogens (tertiary/aromatic N) is 3. The monoisotopic (exact) mass is 619 g/mol. The number of carbonyl (C=O) groups excluding carboxylic acids is 3. The molecule has 0 atom stereocenters. The van der Waals surface area contributed by atoms with E-state index in [-0.39, 0.29) is 12.4 Å². The third kappa shape index (κ3) is 5.87. The molecular formula is C37H34ClN3O4. The van der Waals surface area contributed by atoms with Crippen molar-refractivity contribution >= 4 is 30.2 Å². The zero-order chi connectivity index (χ0) is 30.6. The van der Waals surface area contributed by atoms with Crippen molar-refractivity contribution in [1.29, 1.82) is 5.26 Å². The maximum atomic E-state index is 13.9. The highest BCUT2D eigenvalue weighted by molar-refractivity contribution is 6.21. The first kappa shape index (κ1) is 31.6. The maximum Gasteiger partial charge on any atom is 0.318 e. The highest BCUT2D eigenvalue weighted by Gasteiger charge is 2.46. The second kappa shape index (κ2) is 13.5. The van der Waals surface area contributed by atoms with Crippen molar-refractivity contribution in [2.24, 2.45) is 0 Å². The number of likely N-dealkylation sites (tertiary alicyclic amines) is 1. The number of fused-ring (bicyclic) bond motifs is 1. The van der Waals surface area contributed by atoms with Crippen LogP contribution >= 0.6 is 12.4 Å². The number of esters is 1. The molecule has 45 heavy (non-hydrogen) atoms. The van der Waals surface area contributed by atoms with Crippen molar-refractivity contribution in [2.45, 2.75) is 30.1 Å².